The third-order valence-corrected chi connectivity index (χ3v) is 4.90. The number of rotatable bonds is 6. The van der Waals surface area contributed by atoms with Gasteiger partial charge in [-0.15, -0.1) is 0 Å². The summed E-state index contributed by atoms with van der Waals surface area (Å²) in [6, 6.07) is 2.64. The Morgan fingerprint density at radius 1 is 1.50 bits per heavy atom. The predicted molar refractivity (Wildman–Crippen MR) is 76.2 cm³/mol. The van der Waals surface area contributed by atoms with Crippen molar-refractivity contribution < 1.29 is 17.6 Å². The van der Waals surface area contributed by atoms with Crippen molar-refractivity contribution in [2.24, 2.45) is 0 Å². The average Bonchev–Trinajstić information content (AvgIpc) is 2.25. The van der Waals surface area contributed by atoms with Gasteiger partial charge in [-0.1, -0.05) is 0 Å². The Labute approximate surface area is 119 Å². The number of nitrogens with zero attached hydrogens (tertiary/aromatic N) is 1. The van der Waals surface area contributed by atoms with E-state index in [2.05, 4.69) is 4.72 Å². The first-order chi connectivity index (χ1) is 9.13. The van der Waals surface area contributed by atoms with Crippen molar-refractivity contribution in [3.8, 4) is 0 Å². The molecule has 0 aromatic heterocycles. The lowest BCUT2D eigenvalue weighted by atomic mass is 10.3. The maximum absolute atomic E-state index is 12.0. The minimum Gasteiger partial charge on any atom is -0.393 e. The summed E-state index contributed by atoms with van der Waals surface area (Å²) in [6.07, 6.45) is 1.47. The monoisotopic (exact) mass is 321 g/mol. The molecular formula is C10H15N3O5S2. The van der Waals surface area contributed by atoms with Crippen LogP contribution in [0.1, 0.15) is 6.92 Å². The van der Waals surface area contributed by atoms with E-state index in [0.29, 0.717) is 0 Å². The van der Waals surface area contributed by atoms with E-state index in [0.717, 1.165) is 18.2 Å². The number of hydrogen-bond donors (Lipinski definition) is 2. The molecule has 0 spiro atoms. The molecule has 0 aliphatic rings. The van der Waals surface area contributed by atoms with Gasteiger partial charge < -0.3 is 5.73 Å². The van der Waals surface area contributed by atoms with Crippen LogP contribution in [0.4, 0.5) is 11.4 Å². The number of anilines is 1. The molecule has 20 heavy (non-hydrogen) atoms. The Bertz CT molecular complexity index is 644. The number of nitro benzene ring substituents is 1. The van der Waals surface area contributed by atoms with Crippen LogP contribution in [0.2, 0.25) is 0 Å². The molecule has 0 heterocycles. The van der Waals surface area contributed by atoms with Gasteiger partial charge in [-0.05, 0) is 19.1 Å². The molecule has 2 atom stereocenters. The number of sulfonamides is 1. The molecule has 0 aliphatic carbocycles. The standard InChI is InChI=1S/C10H15N3O5S2/c1-7(6-19(2)16)12-20(17,18)8-3-4-10(13(14)15)9(11)5-8/h3-5,7,12H,6,11H2,1-2H3. The number of nitrogens with two attached hydrogens (primary N) is 1. The molecule has 10 heteroatoms. The molecule has 0 saturated carbocycles. The van der Waals surface area contributed by atoms with Crippen LogP contribution in [-0.4, -0.2) is 35.6 Å². The number of nitro groups is 1. The van der Waals surface area contributed by atoms with Crippen LogP contribution in [0.15, 0.2) is 23.1 Å². The van der Waals surface area contributed by atoms with Crippen LogP contribution in [-0.2, 0) is 20.8 Å². The van der Waals surface area contributed by atoms with Crippen LogP contribution in [0, 0.1) is 10.1 Å². The van der Waals surface area contributed by atoms with Gasteiger partial charge in [0.2, 0.25) is 10.0 Å². The SMILES string of the molecule is CC(CS(C)=O)NS(=O)(=O)c1ccc([N+](=O)[O-])c(N)c1. The Morgan fingerprint density at radius 2 is 2.10 bits per heavy atom. The van der Waals surface area contributed by atoms with Crippen LogP contribution >= 0.6 is 0 Å². The second-order valence-corrected chi connectivity index (χ2v) is 7.43. The maximum Gasteiger partial charge on any atom is 0.292 e. The van der Waals surface area contributed by atoms with Crippen LogP contribution in [0.3, 0.4) is 0 Å². The Balaban J connectivity index is 3.02. The first-order valence-electron chi connectivity index (χ1n) is 5.49. The van der Waals surface area contributed by atoms with E-state index in [-0.39, 0.29) is 22.0 Å². The van der Waals surface area contributed by atoms with E-state index in [4.69, 9.17) is 5.73 Å². The highest BCUT2D eigenvalue weighted by Gasteiger charge is 2.21. The molecule has 0 saturated heterocycles. The number of hydrogen-bond acceptors (Lipinski definition) is 6. The van der Waals surface area contributed by atoms with Crippen LogP contribution < -0.4 is 10.5 Å². The number of nitrogens with one attached hydrogen (secondary N) is 1. The van der Waals surface area contributed by atoms with Crippen molar-refractivity contribution in [1.82, 2.24) is 4.72 Å². The normalized spacial score (nSPS) is 14.7. The zero-order valence-corrected chi connectivity index (χ0v) is 12.5. The molecule has 112 valence electrons. The largest absolute Gasteiger partial charge is 0.393 e. The fourth-order valence-electron chi connectivity index (χ4n) is 1.59. The minimum atomic E-state index is -3.86. The van der Waals surface area contributed by atoms with Crippen molar-refractivity contribution in [1.29, 1.82) is 0 Å². The van der Waals surface area contributed by atoms with Gasteiger partial charge in [-0.3, -0.25) is 14.3 Å². The van der Waals surface area contributed by atoms with Gasteiger partial charge in [0.25, 0.3) is 5.69 Å². The first-order valence-corrected chi connectivity index (χ1v) is 8.71. The summed E-state index contributed by atoms with van der Waals surface area (Å²) in [5, 5.41) is 10.6. The van der Waals surface area contributed by atoms with Gasteiger partial charge in [0.15, 0.2) is 0 Å². The molecule has 1 aromatic carbocycles. The number of nitrogen functional groups attached to an aromatic ring is 1. The summed E-state index contributed by atoms with van der Waals surface area (Å²) >= 11 is 0. The smallest absolute Gasteiger partial charge is 0.292 e. The van der Waals surface area contributed by atoms with Crippen molar-refractivity contribution in [2.45, 2.75) is 17.9 Å². The molecule has 0 amide bonds. The molecule has 3 N–H and O–H groups in total. The second-order valence-electron chi connectivity index (χ2n) is 4.24. The quantitative estimate of drug-likeness (QED) is 0.437. The Kier molecular flexibility index (Phi) is 5.20. The highest BCUT2D eigenvalue weighted by atomic mass is 32.2. The van der Waals surface area contributed by atoms with E-state index in [9.17, 15) is 22.7 Å². The summed E-state index contributed by atoms with van der Waals surface area (Å²) in [5.74, 6) is 0.168. The summed E-state index contributed by atoms with van der Waals surface area (Å²) < 4.78 is 37.4. The summed E-state index contributed by atoms with van der Waals surface area (Å²) in [4.78, 5) is 9.74. The molecule has 0 aliphatic heterocycles. The zero-order chi connectivity index (χ0) is 15.5. The summed E-state index contributed by atoms with van der Waals surface area (Å²) in [5.41, 5.74) is 4.86. The number of benzene rings is 1. The lowest BCUT2D eigenvalue weighted by Crippen LogP contribution is -2.36. The topological polar surface area (TPSA) is 132 Å². The van der Waals surface area contributed by atoms with Crippen molar-refractivity contribution >= 4 is 32.2 Å². The molecule has 8 nitrogen and oxygen atoms in total. The fourth-order valence-corrected chi connectivity index (χ4v) is 3.76. The zero-order valence-electron chi connectivity index (χ0n) is 10.9. The molecule has 0 fully saturated rings. The van der Waals surface area contributed by atoms with Crippen molar-refractivity contribution in [3.05, 3.63) is 28.3 Å². The molecule has 0 bridgehead atoms. The van der Waals surface area contributed by atoms with Crippen molar-refractivity contribution in [3.63, 3.8) is 0 Å². The Hall–Kier alpha value is -1.52. The first kappa shape index (κ1) is 16.5. The van der Waals surface area contributed by atoms with E-state index < -0.39 is 31.8 Å². The van der Waals surface area contributed by atoms with Crippen molar-refractivity contribution in [2.75, 3.05) is 17.7 Å². The van der Waals surface area contributed by atoms with Gasteiger partial charge in [0.1, 0.15) is 5.69 Å². The fraction of sp³-hybridized carbons (Fsp3) is 0.400. The second kappa shape index (κ2) is 6.29. The van der Waals surface area contributed by atoms with Crippen LogP contribution in [0.5, 0.6) is 0 Å². The van der Waals surface area contributed by atoms with Gasteiger partial charge in [-0.25, -0.2) is 13.1 Å². The lowest BCUT2D eigenvalue weighted by Gasteiger charge is -2.13. The average molecular weight is 321 g/mol. The van der Waals surface area contributed by atoms with Gasteiger partial charge in [0.05, 0.1) is 9.82 Å². The van der Waals surface area contributed by atoms with E-state index in [1.807, 2.05) is 0 Å². The lowest BCUT2D eigenvalue weighted by molar-refractivity contribution is -0.383. The van der Waals surface area contributed by atoms with E-state index in [1.54, 1.807) is 6.92 Å². The summed E-state index contributed by atoms with van der Waals surface area (Å²) in [6.45, 7) is 1.58. The van der Waals surface area contributed by atoms with Crippen LogP contribution in [0.25, 0.3) is 0 Å². The molecule has 0 radical (unpaired) electrons. The van der Waals surface area contributed by atoms with Gasteiger partial charge in [0, 0.05) is 34.9 Å². The third kappa shape index (κ3) is 4.25. The van der Waals surface area contributed by atoms with E-state index in [1.165, 1.54) is 6.26 Å². The highest BCUT2D eigenvalue weighted by molar-refractivity contribution is 7.89. The van der Waals surface area contributed by atoms with Gasteiger partial charge in [-0.2, -0.15) is 0 Å². The molecule has 1 rings (SSSR count). The highest BCUT2D eigenvalue weighted by Crippen LogP contribution is 2.24. The Morgan fingerprint density at radius 3 is 2.55 bits per heavy atom. The minimum absolute atomic E-state index is 0.168. The maximum atomic E-state index is 12.0. The van der Waals surface area contributed by atoms with E-state index >= 15 is 0 Å². The van der Waals surface area contributed by atoms with Gasteiger partial charge >= 0.3 is 0 Å². The third-order valence-electron chi connectivity index (χ3n) is 2.35. The summed E-state index contributed by atoms with van der Waals surface area (Å²) in [7, 11) is -5.00. The molecule has 1 aromatic rings. The molecular weight excluding hydrogens is 306 g/mol. The predicted octanol–water partition coefficient (Wildman–Crippen LogP) is 0.222. The molecule has 2 unspecified atom stereocenters.